The fourth-order valence-electron chi connectivity index (χ4n) is 3.20. The van der Waals surface area contributed by atoms with Crippen LogP contribution in [0.2, 0.25) is 0 Å². The zero-order valence-electron chi connectivity index (χ0n) is 12.9. The van der Waals surface area contributed by atoms with Crippen LogP contribution in [0.4, 0.5) is 0 Å². The van der Waals surface area contributed by atoms with Crippen molar-refractivity contribution in [3.63, 3.8) is 0 Å². The van der Waals surface area contributed by atoms with Crippen LogP contribution in [-0.2, 0) is 0 Å². The molecule has 0 spiro atoms. The van der Waals surface area contributed by atoms with Crippen LogP contribution < -0.4 is 4.74 Å². The van der Waals surface area contributed by atoms with Gasteiger partial charge in [-0.15, -0.1) is 0 Å². The molecule has 3 nitrogen and oxygen atoms in total. The molecular weight excluding hydrogens is 250 g/mol. The van der Waals surface area contributed by atoms with Crippen molar-refractivity contribution in [2.24, 2.45) is 11.8 Å². The average Bonchev–Trinajstić information content (AvgIpc) is 2.36. The summed E-state index contributed by atoms with van der Waals surface area (Å²) < 4.78 is 5.72. The van der Waals surface area contributed by atoms with E-state index in [0.29, 0.717) is 13.2 Å². The Bertz CT molecular complexity index is 411. The van der Waals surface area contributed by atoms with E-state index in [0.717, 1.165) is 36.2 Å². The molecule has 0 radical (unpaired) electrons. The lowest BCUT2D eigenvalue weighted by atomic mass is 9.92. The summed E-state index contributed by atoms with van der Waals surface area (Å²) in [6.07, 6.45) is 0.874. The first-order chi connectivity index (χ1) is 9.54. The molecule has 1 N–H and O–H groups in total. The quantitative estimate of drug-likeness (QED) is 0.898. The third kappa shape index (κ3) is 4.50. The Morgan fingerprint density at radius 2 is 1.90 bits per heavy atom. The molecule has 0 aromatic heterocycles. The molecule has 1 saturated heterocycles. The normalized spacial score (nSPS) is 25.4. The van der Waals surface area contributed by atoms with Crippen molar-refractivity contribution in [1.82, 2.24) is 4.90 Å². The first-order valence-corrected chi connectivity index (χ1v) is 7.63. The lowest BCUT2D eigenvalue weighted by Gasteiger charge is -2.35. The minimum absolute atomic E-state index is 0.365. The maximum Gasteiger partial charge on any atom is 0.122 e. The number of rotatable bonds is 5. The predicted octanol–water partition coefficient (Wildman–Crippen LogP) is 2.71. The zero-order valence-corrected chi connectivity index (χ0v) is 12.9. The number of nitrogens with zero attached hydrogens (tertiary/aromatic N) is 1. The molecule has 3 heteroatoms. The Kier molecular flexibility index (Phi) is 5.44. The number of hydrogen-bond acceptors (Lipinski definition) is 3. The molecule has 1 heterocycles. The number of aliphatic hydroxyl groups is 1. The van der Waals surface area contributed by atoms with Crippen LogP contribution in [0.25, 0.3) is 0 Å². The molecule has 1 aromatic carbocycles. The van der Waals surface area contributed by atoms with Gasteiger partial charge in [0.2, 0.25) is 0 Å². The van der Waals surface area contributed by atoms with Crippen LogP contribution in [-0.4, -0.2) is 42.4 Å². The number of hydrogen-bond donors (Lipinski definition) is 1. The Hall–Kier alpha value is -1.06. The third-order valence-corrected chi connectivity index (χ3v) is 3.94. The molecule has 0 amide bonds. The van der Waals surface area contributed by atoms with E-state index < -0.39 is 6.10 Å². The van der Waals surface area contributed by atoms with Crippen LogP contribution in [0.1, 0.15) is 25.8 Å². The number of para-hydroxylation sites is 1. The summed E-state index contributed by atoms with van der Waals surface area (Å²) in [7, 11) is 0. The van der Waals surface area contributed by atoms with Gasteiger partial charge in [-0.05, 0) is 36.8 Å². The van der Waals surface area contributed by atoms with Gasteiger partial charge in [0.05, 0.1) is 0 Å². The zero-order chi connectivity index (χ0) is 14.5. The largest absolute Gasteiger partial charge is 0.491 e. The summed E-state index contributed by atoms with van der Waals surface area (Å²) in [5, 5.41) is 10.2. The SMILES string of the molecule is Cc1ccccc1OC[C@H](O)CN1C[C@@H](C)C[C@H](C)C1. The second kappa shape index (κ2) is 7.09. The van der Waals surface area contributed by atoms with Crippen molar-refractivity contribution >= 4 is 0 Å². The minimum atomic E-state index is -0.424. The monoisotopic (exact) mass is 277 g/mol. The molecule has 0 saturated carbocycles. The van der Waals surface area contributed by atoms with Crippen LogP contribution in [0.3, 0.4) is 0 Å². The highest BCUT2D eigenvalue weighted by molar-refractivity contribution is 5.31. The fraction of sp³-hybridized carbons (Fsp3) is 0.647. The third-order valence-electron chi connectivity index (χ3n) is 3.94. The highest BCUT2D eigenvalue weighted by Crippen LogP contribution is 2.21. The maximum atomic E-state index is 10.2. The number of ether oxygens (including phenoxy) is 1. The molecule has 1 aliphatic heterocycles. The van der Waals surface area contributed by atoms with Crippen LogP contribution in [0.15, 0.2) is 24.3 Å². The number of β-amino-alcohol motifs (C(OH)–C–C–N with tert-alkyl or cyclic N) is 1. The summed E-state index contributed by atoms with van der Waals surface area (Å²) in [4.78, 5) is 2.37. The summed E-state index contributed by atoms with van der Waals surface area (Å²) >= 11 is 0. The summed E-state index contributed by atoms with van der Waals surface area (Å²) in [6, 6.07) is 7.93. The van der Waals surface area contributed by atoms with E-state index in [-0.39, 0.29) is 0 Å². The molecular formula is C17H27NO2. The molecule has 0 aliphatic carbocycles. The highest BCUT2D eigenvalue weighted by Gasteiger charge is 2.23. The second-order valence-corrected chi connectivity index (χ2v) is 6.39. The van der Waals surface area contributed by atoms with Gasteiger partial charge in [0.15, 0.2) is 0 Å². The van der Waals surface area contributed by atoms with Gasteiger partial charge in [-0.25, -0.2) is 0 Å². The predicted molar refractivity (Wildman–Crippen MR) is 82.1 cm³/mol. The molecule has 1 fully saturated rings. The Morgan fingerprint density at radius 3 is 2.55 bits per heavy atom. The molecule has 1 aliphatic rings. The lowest BCUT2D eigenvalue weighted by molar-refractivity contribution is 0.0427. The van der Waals surface area contributed by atoms with E-state index in [1.807, 2.05) is 31.2 Å². The topological polar surface area (TPSA) is 32.7 Å². The number of aryl methyl sites for hydroxylation is 1. The molecule has 3 atom stereocenters. The van der Waals surface area contributed by atoms with E-state index in [4.69, 9.17) is 4.74 Å². The van der Waals surface area contributed by atoms with E-state index in [2.05, 4.69) is 18.7 Å². The maximum absolute atomic E-state index is 10.2. The average molecular weight is 277 g/mol. The Labute approximate surface area is 122 Å². The molecule has 20 heavy (non-hydrogen) atoms. The summed E-state index contributed by atoms with van der Waals surface area (Å²) in [6.45, 7) is 9.86. The van der Waals surface area contributed by atoms with Gasteiger partial charge in [0, 0.05) is 19.6 Å². The molecule has 1 aromatic rings. The van der Waals surface area contributed by atoms with Gasteiger partial charge >= 0.3 is 0 Å². The van der Waals surface area contributed by atoms with Crippen molar-refractivity contribution in [2.45, 2.75) is 33.3 Å². The Morgan fingerprint density at radius 1 is 1.25 bits per heavy atom. The van der Waals surface area contributed by atoms with Gasteiger partial charge in [0.25, 0.3) is 0 Å². The van der Waals surface area contributed by atoms with Gasteiger partial charge in [-0.3, -0.25) is 0 Å². The van der Waals surface area contributed by atoms with Gasteiger partial charge in [-0.1, -0.05) is 32.0 Å². The van der Waals surface area contributed by atoms with E-state index >= 15 is 0 Å². The van der Waals surface area contributed by atoms with Crippen LogP contribution in [0, 0.1) is 18.8 Å². The number of aliphatic hydroxyl groups excluding tert-OH is 1. The second-order valence-electron chi connectivity index (χ2n) is 6.39. The summed E-state index contributed by atoms with van der Waals surface area (Å²) in [5.41, 5.74) is 1.11. The van der Waals surface area contributed by atoms with Crippen molar-refractivity contribution < 1.29 is 9.84 Å². The fourth-order valence-corrected chi connectivity index (χ4v) is 3.20. The molecule has 2 rings (SSSR count). The van der Waals surface area contributed by atoms with Crippen LogP contribution >= 0.6 is 0 Å². The minimum Gasteiger partial charge on any atom is -0.491 e. The van der Waals surface area contributed by atoms with Gasteiger partial charge in [0.1, 0.15) is 18.5 Å². The first-order valence-electron chi connectivity index (χ1n) is 7.63. The standard InChI is InChI=1S/C17H27NO2/c1-13-8-14(2)10-18(9-13)11-16(19)12-20-17-7-5-4-6-15(17)3/h4-7,13-14,16,19H,8-12H2,1-3H3/t13-,14-,16+/m0/s1. The smallest absolute Gasteiger partial charge is 0.122 e. The van der Waals surface area contributed by atoms with E-state index in [1.165, 1.54) is 6.42 Å². The van der Waals surface area contributed by atoms with E-state index in [9.17, 15) is 5.11 Å². The molecule has 0 unspecified atom stereocenters. The Balaban J connectivity index is 1.78. The van der Waals surface area contributed by atoms with Crippen molar-refractivity contribution in [1.29, 1.82) is 0 Å². The highest BCUT2D eigenvalue weighted by atomic mass is 16.5. The van der Waals surface area contributed by atoms with E-state index in [1.54, 1.807) is 0 Å². The van der Waals surface area contributed by atoms with Gasteiger partial charge < -0.3 is 14.7 Å². The molecule has 0 bridgehead atoms. The van der Waals surface area contributed by atoms with Crippen LogP contribution in [0.5, 0.6) is 5.75 Å². The lowest BCUT2D eigenvalue weighted by Crippen LogP contribution is -2.44. The molecule has 112 valence electrons. The summed E-state index contributed by atoms with van der Waals surface area (Å²) in [5.74, 6) is 2.32. The van der Waals surface area contributed by atoms with Crippen molar-refractivity contribution in [3.05, 3.63) is 29.8 Å². The number of likely N-dealkylation sites (tertiary alicyclic amines) is 1. The number of benzene rings is 1. The van der Waals surface area contributed by atoms with Crippen molar-refractivity contribution in [2.75, 3.05) is 26.2 Å². The van der Waals surface area contributed by atoms with Gasteiger partial charge in [-0.2, -0.15) is 0 Å². The van der Waals surface area contributed by atoms with Crippen molar-refractivity contribution in [3.8, 4) is 5.75 Å². The number of piperidine rings is 1. The first kappa shape index (κ1) is 15.3.